The lowest BCUT2D eigenvalue weighted by molar-refractivity contribution is -0.130. The van der Waals surface area contributed by atoms with Crippen molar-refractivity contribution in [1.29, 1.82) is 0 Å². The van der Waals surface area contributed by atoms with Gasteiger partial charge in [0.2, 0.25) is 11.7 Å². The number of rotatable bonds is 5. The Labute approximate surface area is 180 Å². The third-order valence-electron chi connectivity index (χ3n) is 6.09. The highest BCUT2D eigenvalue weighted by molar-refractivity contribution is 5.91. The Kier molecular flexibility index (Phi) is 4.93. The summed E-state index contributed by atoms with van der Waals surface area (Å²) in [5, 5.41) is 14.1. The fourth-order valence-electron chi connectivity index (χ4n) is 4.09. The predicted octanol–water partition coefficient (Wildman–Crippen LogP) is 0.920. The molecule has 10 heteroatoms. The van der Waals surface area contributed by atoms with Crippen molar-refractivity contribution in [3.8, 4) is 0 Å². The summed E-state index contributed by atoms with van der Waals surface area (Å²) < 4.78 is 0. The largest absolute Gasteiger partial charge is 0.347 e. The van der Waals surface area contributed by atoms with Gasteiger partial charge >= 0.3 is 0 Å². The number of H-pyrrole nitrogens is 1. The third kappa shape index (κ3) is 3.78. The number of nitrogens with one attached hydrogen (secondary N) is 2. The van der Waals surface area contributed by atoms with Crippen molar-refractivity contribution in [2.75, 3.05) is 20.1 Å². The number of hydrogen-bond donors (Lipinski definition) is 2. The molecule has 0 radical (unpaired) electrons. The van der Waals surface area contributed by atoms with E-state index in [0.717, 1.165) is 36.5 Å². The van der Waals surface area contributed by atoms with Gasteiger partial charge in [-0.05, 0) is 43.9 Å². The van der Waals surface area contributed by atoms with E-state index in [1.807, 2.05) is 12.3 Å². The summed E-state index contributed by atoms with van der Waals surface area (Å²) in [7, 11) is 1.78. The lowest BCUT2D eigenvalue weighted by atomic mass is 10.0. The molecule has 2 amide bonds. The van der Waals surface area contributed by atoms with E-state index in [1.54, 1.807) is 11.9 Å². The highest BCUT2D eigenvalue weighted by Crippen LogP contribution is 2.31. The van der Waals surface area contributed by atoms with Crippen molar-refractivity contribution in [3.05, 3.63) is 53.1 Å². The molecule has 162 valence electrons. The lowest BCUT2D eigenvalue weighted by Gasteiger charge is -2.33. The molecular formula is C21H26N8O2. The number of hydrazine groups is 1. The molecule has 2 N–H and O–H groups in total. The first kappa shape index (κ1) is 19.7. The molecule has 4 heterocycles. The van der Waals surface area contributed by atoms with E-state index in [4.69, 9.17) is 0 Å². The van der Waals surface area contributed by atoms with Gasteiger partial charge < -0.3 is 10.2 Å². The number of fused-ring (bicyclic) bond motifs is 1. The van der Waals surface area contributed by atoms with E-state index in [2.05, 4.69) is 54.6 Å². The molecule has 1 atom stereocenters. The fraction of sp³-hybridized carbons (Fsp3) is 0.476. The number of nitrogens with zero attached hydrogens (tertiary/aromatic N) is 6. The zero-order valence-electron chi connectivity index (χ0n) is 17.7. The molecule has 1 saturated carbocycles. The monoisotopic (exact) mass is 422 g/mol. The molecule has 0 unspecified atom stereocenters. The highest BCUT2D eigenvalue weighted by Gasteiger charge is 2.38. The Morgan fingerprint density at radius 1 is 1.32 bits per heavy atom. The van der Waals surface area contributed by atoms with E-state index in [-0.39, 0.29) is 23.7 Å². The maximum atomic E-state index is 13.2. The first-order valence-corrected chi connectivity index (χ1v) is 10.6. The summed E-state index contributed by atoms with van der Waals surface area (Å²) in [6.45, 7) is 4.11. The molecule has 1 aliphatic carbocycles. The van der Waals surface area contributed by atoms with E-state index in [0.29, 0.717) is 25.3 Å². The highest BCUT2D eigenvalue weighted by atomic mass is 16.2. The Hall–Kier alpha value is -3.27. The van der Waals surface area contributed by atoms with Gasteiger partial charge in [-0.3, -0.25) is 24.7 Å². The van der Waals surface area contributed by atoms with E-state index < -0.39 is 5.92 Å². The van der Waals surface area contributed by atoms with E-state index in [9.17, 15) is 9.59 Å². The number of aromatic nitrogens is 4. The zero-order chi connectivity index (χ0) is 21.5. The summed E-state index contributed by atoms with van der Waals surface area (Å²) in [5.41, 5.74) is 2.17. The number of pyridine rings is 1. The van der Waals surface area contributed by atoms with Gasteiger partial charge in [0.25, 0.3) is 5.91 Å². The number of carbonyl (C=O) groups excluding carboxylic acids is 2. The van der Waals surface area contributed by atoms with Crippen LogP contribution in [0.2, 0.25) is 0 Å². The van der Waals surface area contributed by atoms with Gasteiger partial charge in [0.1, 0.15) is 11.6 Å². The Bertz CT molecular complexity index is 1040. The van der Waals surface area contributed by atoms with Crippen LogP contribution in [0.5, 0.6) is 0 Å². The van der Waals surface area contributed by atoms with Crippen LogP contribution in [0, 0.1) is 6.92 Å². The van der Waals surface area contributed by atoms with Crippen molar-refractivity contribution in [1.82, 2.24) is 40.4 Å². The molecule has 3 aliphatic rings. The molecule has 2 fully saturated rings. The molecule has 2 aliphatic heterocycles. The van der Waals surface area contributed by atoms with Crippen molar-refractivity contribution in [2.45, 2.75) is 44.7 Å². The average molecular weight is 422 g/mol. The molecule has 2 aromatic heterocycles. The van der Waals surface area contributed by atoms with Crippen LogP contribution in [0.3, 0.4) is 0 Å². The molecule has 0 spiro atoms. The third-order valence-corrected chi connectivity index (χ3v) is 6.09. The summed E-state index contributed by atoms with van der Waals surface area (Å²) in [4.78, 5) is 36.0. The summed E-state index contributed by atoms with van der Waals surface area (Å²) in [6, 6.07) is 4.22. The normalized spacial score (nSPS) is 21.7. The van der Waals surface area contributed by atoms with Crippen LogP contribution < -0.4 is 5.32 Å². The summed E-state index contributed by atoms with van der Waals surface area (Å²) in [5.74, 6) is 0.562. The van der Waals surface area contributed by atoms with Crippen LogP contribution >= 0.6 is 0 Å². The maximum absolute atomic E-state index is 13.2. The van der Waals surface area contributed by atoms with Gasteiger partial charge in [-0.2, -0.15) is 0 Å². The van der Waals surface area contributed by atoms with Gasteiger partial charge in [0, 0.05) is 32.4 Å². The molecule has 2 aromatic rings. The number of aromatic amines is 1. The topological polar surface area (TPSA) is 110 Å². The smallest absolute Gasteiger partial charge is 0.291 e. The number of likely N-dealkylation sites (N-methyl/N-ethyl adjacent to an activating group) is 1. The van der Waals surface area contributed by atoms with Crippen molar-refractivity contribution >= 4 is 11.8 Å². The average Bonchev–Trinajstić information content (AvgIpc) is 3.32. The van der Waals surface area contributed by atoms with Crippen LogP contribution in [0.4, 0.5) is 0 Å². The van der Waals surface area contributed by atoms with Crippen molar-refractivity contribution in [2.24, 2.45) is 0 Å². The minimum atomic E-state index is -0.482. The van der Waals surface area contributed by atoms with Crippen LogP contribution in [-0.4, -0.2) is 73.1 Å². The Balaban J connectivity index is 1.32. The van der Waals surface area contributed by atoms with Crippen molar-refractivity contribution in [3.63, 3.8) is 0 Å². The second-order valence-corrected chi connectivity index (χ2v) is 8.33. The first-order valence-electron chi connectivity index (χ1n) is 10.6. The fourth-order valence-corrected chi connectivity index (χ4v) is 4.09. The number of amides is 2. The molecule has 0 bridgehead atoms. The molecule has 0 aromatic carbocycles. The minimum absolute atomic E-state index is 0.0603. The summed E-state index contributed by atoms with van der Waals surface area (Å²) in [6.07, 6.45) is 6.43. The van der Waals surface area contributed by atoms with Crippen molar-refractivity contribution < 1.29 is 9.59 Å². The predicted molar refractivity (Wildman–Crippen MR) is 111 cm³/mol. The number of aryl methyl sites for hydroxylation is 1. The van der Waals surface area contributed by atoms with Crippen LogP contribution in [-0.2, 0) is 11.3 Å². The maximum Gasteiger partial charge on any atom is 0.291 e. The molecular weight excluding hydrogens is 396 g/mol. The molecule has 31 heavy (non-hydrogen) atoms. The molecule has 1 saturated heterocycles. The lowest BCUT2D eigenvalue weighted by Crippen LogP contribution is -2.41. The Morgan fingerprint density at radius 3 is 2.94 bits per heavy atom. The van der Waals surface area contributed by atoms with Gasteiger partial charge in [0.05, 0.1) is 18.2 Å². The zero-order valence-corrected chi connectivity index (χ0v) is 17.7. The second-order valence-electron chi connectivity index (χ2n) is 8.33. The van der Waals surface area contributed by atoms with Gasteiger partial charge in [-0.15, -0.1) is 5.10 Å². The minimum Gasteiger partial charge on any atom is -0.347 e. The van der Waals surface area contributed by atoms with Crippen LogP contribution in [0.15, 0.2) is 30.2 Å². The van der Waals surface area contributed by atoms with E-state index >= 15 is 0 Å². The summed E-state index contributed by atoms with van der Waals surface area (Å²) >= 11 is 0. The standard InChI is InChI=1S/C21H26N8O2/c1-13-4-3-9-22-16(13)12-28-10-8-17-27(2)21(31)15(7-11-29(17)28)18-24-19(26-25-18)20(30)23-14-5-6-14/h3-4,8-9,14-15H,5-7,10-12H2,1-2H3,(H,23,30)(H,24,25,26)/t15-/m0/s1. The number of carbonyl (C=O) groups is 2. The first-order chi connectivity index (χ1) is 15.0. The van der Waals surface area contributed by atoms with Crippen LogP contribution in [0.25, 0.3) is 0 Å². The SMILES string of the molecule is Cc1cccnc1CN1CC=C2N(C)C(=O)[C@H](c3nc(C(=O)NC4CC4)n[nH]3)CCN21. The molecule has 5 rings (SSSR count). The quantitative estimate of drug-likeness (QED) is 0.737. The number of hydrogen-bond acceptors (Lipinski definition) is 7. The molecule has 10 nitrogen and oxygen atoms in total. The van der Waals surface area contributed by atoms with Gasteiger partial charge in [-0.25, -0.2) is 9.99 Å². The van der Waals surface area contributed by atoms with E-state index in [1.165, 1.54) is 0 Å². The van der Waals surface area contributed by atoms with Gasteiger partial charge in [0.15, 0.2) is 0 Å². The second kappa shape index (κ2) is 7.77. The Morgan fingerprint density at radius 2 is 2.16 bits per heavy atom. The van der Waals surface area contributed by atoms with Gasteiger partial charge in [-0.1, -0.05) is 6.07 Å². The van der Waals surface area contributed by atoms with Crippen LogP contribution in [0.1, 0.15) is 52.9 Å².